The molecule has 0 amide bonds. The summed E-state index contributed by atoms with van der Waals surface area (Å²) >= 11 is 0. The molecule has 5 nitrogen and oxygen atoms in total. The fraction of sp³-hybridized carbons (Fsp3) is 0.158. The molecule has 2 heterocycles. The quantitative estimate of drug-likeness (QED) is 0.560. The first-order chi connectivity index (χ1) is 12.1. The highest BCUT2D eigenvalue weighted by molar-refractivity contribution is 7.84. The number of nitrogens with zero attached hydrogens (tertiary/aromatic N) is 3. The summed E-state index contributed by atoms with van der Waals surface area (Å²) in [5, 5.41) is 0.990. The Bertz CT molecular complexity index is 1070. The molecule has 25 heavy (non-hydrogen) atoms. The van der Waals surface area contributed by atoms with E-state index in [1.54, 1.807) is 12.6 Å². The number of rotatable bonds is 4. The zero-order chi connectivity index (χ0) is 17.4. The van der Waals surface area contributed by atoms with Gasteiger partial charge in [-0.2, -0.15) is 0 Å². The Balaban J connectivity index is 1.70. The summed E-state index contributed by atoms with van der Waals surface area (Å²) in [6.07, 6.45) is 3.25. The lowest BCUT2D eigenvalue weighted by Crippen LogP contribution is -2.18. The van der Waals surface area contributed by atoms with E-state index in [1.807, 2.05) is 60.5 Å². The van der Waals surface area contributed by atoms with E-state index < -0.39 is 10.8 Å². The largest absolute Gasteiger partial charge is 0.450 e. The number of aromatic nitrogens is 2. The van der Waals surface area contributed by atoms with Crippen molar-refractivity contribution < 1.29 is 8.63 Å². The maximum Gasteiger partial charge on any atom is 0.196 e. The first-order valence-corrected chi connectivity index (χ1v) is 9.45. The minimum Gasteiger partial charge on any atom is -0.450 e. The fourth-order valence-corrected chi connectivity index (χ4v) is 3.44. The average molecular weight is 351 g/mol. The van der Waals surface area contributed by atoms with E-state index in [2.05, 4.69) is 9.97 Å². The highest BCUT2D eigenvalue weighted by atomic mass is 32.2. The predicted octanol–water partition coefficient (Wildman–Crippen LogP) is 3.75. The average Bonchev–Trinajstić information content (AvgIpc) is 3.00. The normalized spacial score (nSPS) is 12.6. The van der Waals surface area contributed by atoms with Crippen LogP contribution >= 0.6 is 0 Å². The molecule has 4 rings (SSSR count). The van der Waals surface area contributed by atoms with Crippen molar-refractivity contribution in [1.82, 2.24) is 9.97 Å². The van der Waals surface area contributed by atoms with Crippen LogP contribution in [0, 0.1) is 0 Å². The van der Waals surface area contributed by atoms with Crippen LogP contribution in [0.4, 0.5) is 5.82 Å². The first kappa shape index (κ1) is 15.8. The van der Waals surface area contributed by atoms with Crippen LogP contribution in [0.25, 0.3) is 22.1 Å². The molecule has 0 saturated carbocycles. The van der Waals surface area contributed by atoms with Crippen LogP contribution in [0.15, 0.2) is 64.2 Å². The Labute approximate surface area is 147 Å². The van der Waals surface area contributed by atoms with Gasteiger partial charge in [0.15, 0.2) is 11.4 Å². The van der Waals surface area contributed by atoms with E-state index in [9.17, 15) is 4.21 Å². The van der Waals surface area contributed by atoms with Gasteiger partial charge in [0.2, 0.25) is 0 Å². The van der Waals surface area contributed by atoms with E-state index in [1.165, 1.54) is 0 Å². The van der Waals surface area contributed by atoms with Crippen LogP contribution in [0.3, 0.4) is 0 Å². The van der Waals surface area contributed by atoms with Crippen LogP contribution in [-0.2, 0) is 17.3 Å². The van der Waals surface area contributed by atoms with E-state index >= 15 is 0 Å². The lowest BCUT2D eigenvalue weighted by atomic mass is 10.2. The van der Waals surface area contributed by atoms with Gasteiger partial charge in [-0.25, -0.2) is 9.97 Å². The number of para-hydroxylation sites is 1. The second kappa shape index (κ2) is 6.29. The van der Waals surface area contributed by atoms with Gasteiger partial charge < -0.3 is 9.32 Å². The summed E-state index contributed by atoms with van der Waals surface area (Å²) in [5.74, 6) is 0.754. The highest BCUT2D eigenvalue weighted by Crippen LogP contribution is 2.32. The number of fused-ring (bicyclic) bond motifs is 3. The molecule has 2 aromatic heterocycles. The Hall–Kier alpha value is -2.73. The second-order valence-electron chi connectivity index (χ2n) is 5.93. The maximum absolute atomic E-state index is 11.5. The topological polar surface area (TPSA) is 59.2 Å². The van der Waals surface area contributed by atoms with E-state index in [4.69, 9.17) is 4.42 Å². The van der Waals surface area contributed by atoms with Crippen LogP contribution in [0.5, 0.6) is 0 Å². The maximum atomic E-state index is 11.5. The van der Waals surface area contributed by atoms with Gasteiger partial charge in [0.1, 0.15) is 17.4 Å². The molecule has 2 aromatic carbocycles. The van der Waals surface area contributed by atoms with Gasteiger partial charge in [-0.1, -0.05) is 24.3 Å². The third-order valence-electron chi connectivity index (χ3n) is 4.18. The van der Waals surface area contributed by atoms with Crippen molar-refractivity contribution in [3.8, 4) is 0 Å². The van der Waals surface area contributed by atoms with Gasteiger partial charge in [0.05, 0.1) is 0 Å². The SMILES string of the molecule is CN(Cc1ccc([S@@](C)=O)cc1)c1ncnc2c1oc1ccccc12. The summed E-state index contributed by atoms with van der Waals surface area (Å²) in [7, 11) is 1.01. The number of anilines is 1. The summed E-state index contributed by atoms with van der Waals surface area (Å²) in [5.41, 5.74) is 3.43. The standard InChI is InChI=1S/C19H17N3O2S/c1-22(11-13-7-9-14(10-8-13)25(2)23)19-18-17(20-12-21-19)15-5-3-4-6-16(15)24-18/h3-10,12H,11H2,1-2H3/t25-/m1/s1. The number of furan rings is 1. The van der Waals surface area contributed by atoms with E-state index in [0.29, 0.717) is 12.1 Å². The zero-order valence-corrected chi connectivity index (χ0v) is 14.8. The summed E-state index contributed by atoms with van der Waals surface area (Å²) in [6, 6.07) is 15.6. The van der Waals surface area contributed by atoms with E-state index in [-0.39, 0.29) is 0 Å². The van der Waals surface area contributed by atoms with Crippen molar-refractivity contribution >= 4 is 38.7 Å². The van der Waals surface area contributed by atoms with Gasteiger partial charge in [-0.3, -0.25) is 4.21 Å². The third kappa shape index (κ3) is 2.89. The summed E-state index contributed by atoms with van der Waals surface area (Å²) in [6.45, 7) is 0.666. The predicted molar refractivity (Wildman–Crippen MR) is 100 cm³/mol. The van der Waals surface area contributed by atoms with Crippen LogP contribution in [-0.4, -0.2) is 27.5 Å². The molecule has 0 unspecified atom stereocenters. The second-order valence-corrected chi connectivity index (χ2v) is 7.31. The molecule has 0 spiro atoms. The van der Waals surface area contributed by atoms with Crippen LogP contribution in [0.2, 0.25) is 0 Å². The highest BCUT2D eigenvalue weighted by Gasteiger charge is 2.16. The Morgan fingerprint density at radius 1 is 1.08 bits per heavy atom. The van der Waals surface area contributed by atoms with Gasteiger partial charge in [0.25, 0.3) is 0 Å². The molecule has 1 atom stereocenters. The first-order valence-electron chi connectivity index (χ1n) is 7.89. The monoisotopic (exact) mass is 351 g/mol. The van der Waals surface area contributed by atoms with Crippen molar-refractivity contribution in [2.75, 3.05) is 18.2 Å². The van der Waals surface area contributed by atoms with Gasteiger partial charge in [-0.05, 0) is 29.8 Å². The lowest BCUT2D eigenvalue weighted by Gasteiger charge is -2.18. The van der Waals surface area contributed by atoms with Crippen LogP contribution in [0.1, 0.15) is 5.56 Å². The Morgan fingerprint density at radius 2 is 1.84 bits per heavy atom. The molecule has 0 aliphatic rings. The molecule has 0 bridgehead atoms. The molecule has 0 aliphatic carbocycles. The number of hydrogen-bond acceptors (Lipinski definition) is 5. The summed E-state index contributed by atoms with van der Waals surface area (Å²) in [4.78, 5) is 11.7. The lowest BCUT2D eigenvalue weighted by molar-refractivity contribution is 0.662. The van der Waals surface area contributed by atoms with E-state index in [0.717, 1.165) is 32.8 Å². The molecular formula is C19H17N3O2S. The molecule has 4 aromatic rings. The molecule has 0 radical (unpaired) electrons. The zero-order valence-electron chi connectivity index (χ0n) is 14.0. The number of benzene rings is 2. The smallest absolute Gasteiger partial charge is 0.196 e. The molecule has 0 N–H and O–H groups in total. The minimum atomic E-state index is -0.963. The van der Waals surface area contributed by atoms with Crippen LogP contribution < -0.4 is 4.90 Å². The third-order valence-corrected chi connectivity index (χ3v) is 5.11. The Kier molecular flexibility index (Phi) is 3.97. The molecule has 0 aliphatic heterocycles. The fourth-order valence-electron chi connectivity index (χ4n) is 2.92. The van der Waals surface area contributed by atoms with Crippen molar-refractivity contribution in [2.24, 2.45) is 0 Å². The molecular weight excluding hydrogens is 334 g/mol. The molecule has 0 fully saturated rings. The Morgan fingerprint density at radius 3 is 2.60 bits per heavy atom. The van der Waals surface area contributed by atoms with Gasteiger partial charge in [0, 0.05) is 40.9 Å². The van der Waals surface area contributed by atoms with Crippen molar-refractivity contribution in [2.45, 2.75) is 11.4 Å². The minimum absolute atomic E-state index is 0.666. The molecule has 126 valence electrons. The van der Waals surface area contributed by atoms with Gasteiger partial charge in [-0.15, -0.1) is 0 Å². The number of hydrogen-bond donors (Lipinski definition) is 0. The van der Waals surface area contributed by atoms with Crippen molar-refractivity contribution in [1.29, 1.82) is 0 Å². The van der Waals surface area contributed by atoms with Crippen molar-refractivity contribution in [3.05, 3.63) is 60.4 Å². The summed E-state index contributed by atoms with van der Waals surface area (Å²) < 4.78 is 17.5. The molecule has 6 heteroatoms. The van der Waals surface area contributed by atoms with Crippen molar-refractivity contribution in [3.63, 3.8) is 0 Å². The molecule has 0 saturated heterocycles. The van der Waals surface area contributed by atoms with Gasteiger partial charge >= 0.3 is 0 Å².